The van der Waals surface area contributed by atoms with Crippen molar-refractivity contribution in [2.75, 3.05) is 10.6 Å². The van der Waals surface area contributed by atoms with Gasteiger partial charge in [0.25, 0.3) is 5.91 Å². The first-order chi connectivity index (χ1) is 11.5. The van der Waals surface area contributed by atoms with E-state index in [4.69, 9.17) is 0 Å². The maximum Gasteiger partial charge on any atom is 0.267 e. The second-order valence-electron chi connectivity index (χ2n) is 5.28. The summed E-state index contributed by atoms with van der Waals surface area (Å²) in [6.45, 7) is 4.01. The number of aromatic hydroxyl groups is 1. The fourth-order valence-electron chi connectivity index (χ4n) is 2.30. The van der Waals surface area contributed by atoms with Crippen LogP contribution in [0.1, 0.15) is 18.1 Å². The van der Waals surface area contributed by atoms with Crippen molar-refractivity contribution in [2.24, 2.45) is 0 Å². The van der Waals surface area contributed by atoms with Gasteiger partial charge in [-0.2, -0.15) is 5.26 Å². The molecule has 5 heteroatoms. The number of nitriles is 1. The Morgan fingerprint density at radius 1 is 1.29 bits per heavy atom. The fraction of sp³-hybridized carbons (Fsp3) is 0.158. The molecule has 3 N–H and O–H groups in total. The van der Waals surface area contributed by atoms with E-state index in [1.165, 1.54) is 18.3 Å². The molecule has 2 aromatic carbocycles. The zero-order chi connectivity index (χ0) is 17.5. The quantitative estimate of drug-likeness (QED) is 0.579. The molecule has 1 amide bonds. The molecular formula is C19H19N3O2. The Morgan fingerprint density at radius 3 is 2.71 bits per heavy atom. The molecule has 0 aromatic heterocycles. The minimum absolute atomic E-state index is 0.0425. The highest BCUT2D eigenvalue weighted by Gasteiger charge is 2.10. The number of carbonyl (C=O) groups excluding carboxylic acids is 1. The summed E-state index contributed by atoms with van der Waals surface area (Å²) in [4.78, 5) is 12.2. The van der Waals surface area contributed by atoms with Gasteiger partial charge in [0.15, 0.2) is 0 Å². The third-order valence-corrected chi connectivity index (χ3v) is 3.57. The highest BCUT2D eigenvalue weighted by atomic mass is 16.3. The third kappa shape index (κ3) is 4.14. The first kappa shape index (κ1) is 17.1. The maximum absolute atomic E-state index is 12.2. The number of nitrogens with zero attached hydrogens (tertiary/aromatic N) is 1. The van der Waals surface area contributed by atoms with Crippen LogP contribution in [0.2, 0.25) is 0 Å². The number of rotatable bonds is 5. The van der Waals surface area contributed by atoms with Crippen LogP contribution in [0.5, 0.6) is 5.75 Å². The number of nitrogens with one attached hydrogen (secondary N) is 2. The highest BCUT2D eigenvalue weighted by Crippen LogP contribution is 2.21. The van der Waals surface area contributed by atoms with Gasteiger partial charge in [-0.15, -0.1) is 0 Å². The lowest BCUT2D eigenvalue weighted by atomic mass is 10.1. The van der Waals surface area contributed by atoms with Crippen molar-refractivity contribution in [1.82, 2.24) is 0 Å². The Morgan fingerprint density at radius 2 is 2.04 bits per heavy atom. The minimum Gasteiger partial charge on any atom is -0.508 e. The smallest absolute Gasteiger partial charge is 0.267 e. The van der Waals surface area contributed by atoms with Gasteiger partial charge in [-0.25, -0.2) is 0 Å². The highest BCUT2D eigenvalue weighted by molar-refractivity contribution is 6.06. The van der Waals surface area contributed by atoms with E-state index in [0.717, 1.165) is 23.2 Å². The maximum atomic E-state index is 12.2. The summed E-state index contributed by atoms with van der Waals surface area (Å²) in [7, 11) is 0. The van der Waals surface area contributed by atoms with Crippen LogP contribution in [0.15, 0.2) is 54.2 Å². The number of anilines is 2. The summed E-state index contributed by atoms with van der Waals surface area (Å²) in [5.41, 5.74) is 3.42. The third-order valence-electron chi connectivity index (χ3n) is 3.57. The Balaban J connectivity index is 2.18. The Labute approximate surface area is 141 Å². The molecule has 0 saturated heterocycles. The van der Waals surface area contributed by atoms with Crippen molar-refractivity contribution in [3.63, 3.8) is 0 Å². The number of hydrogen-bond donors (Lipinski definition) is 3. The molecule has 0 spiro atoms. The number of carbonyl (C=O) groups is 1. The van der Waals surface area contributed by atoms with Crippen LogP contribution in [0.25, 0.3) is 0 Å². The molecule has 0 fully saturated rings. The molecule has 0 heterocycles. The van der Waals surface area contributed by atoms with Gasteiger partial charge in [-0.1, -0.05) is 31.2 Å². The first-order valence-electron chi connectivity index (χ1n) is 7.60. The summed E-state index contributed by atoms with van der Waals surface area (Å²) >= 11 is 0. The average molecular weight is 321 g/mol. The number of hydrogen-bond acceptors (Lipinski definition) is 4. The SMILES string of the molecule is CCc1cccc(C)c1N/C=C(/C#N)C(=O)Nc1cccc(O)c1. The molecule has 2 rings (SSSR count). The van der Waals surface area contributed by atoms with Gasteiger partial charge >= 0.3 is 0 Å². The van der Waals surface area contributed by atoms with Gasteiger partial charge in [0.1, 0.15) is 17.4 Å². The van der Waals surface area contributed by atoms with Crippen molar-refractivity contribution < 1.29 is 9.90 Å². The molecule has 0 bridgehead atoms. The molecule has 0 aliphatic heterocycles. The normalized spacial score (nSPS) is 10.8. The van der Waals surface area contributed by atoms with E-state index in [0.29, 0.717) is 5.69 Å². The van der Waals surface area contributed by atoms with E-state index in [9.17, 15) is 15.2 Å². The molecule has 0 radical (unpaired) electrons. The Kier molecular flexibility index (Phi) is 5.58. The van der Waals surface area contributed by atoms with Gasteiger partial charge < -0.3 is 15.7 Å². The lowest BCUT2D eigenvalue weighted by Crippen LogP contribution is -2.14. The van der Waals surface area contributed by atoms with Crippen molar-refractivity contribution in [2.45, 2.75) is 20.3 Å². The second-order valence-corrected chi connectivity index (χ2v) is 5.28. The van der Waals surface area contributed by atoms with Crippen molar-refractivity contribution >= 4 is 17.3 Å². The largest absolute Gasteiger partial charge is 0.508 e. The molecular weight excluding hydrogens is 302 g/mol. The van der Waals surface area contributed by atoms with Crippen molar-refractivity contribution in [3.05, 3.63) is 65.4 Å². The van der Waals surface area contributed by atoms with Crippen LogP contribution in [0.3, 0.4) is 0 Å². The summed E-state index contributed by atoms with van der Waals surface area (Å²) in [5.74, 6) is -0.497. The standard InChI is InChI=1S/C19H19N3O2/c1-3-14-7-4-6-13(2)18(14)21-12-15(11-20)19(24)22-16-8-5-9-17(23)10-16/h4-10,12,21,23H,3H2,1-2H3,(H,22,24)/b15-12-. The van der Waals surface area contributed by atoms with Crippen LogP contribution in [0.4, 0.5) is 11.4 Å². The van der Waals surface area contributed by atoms with E-state index in [1.807, 2.05) is 38.1 Å². The average Bonchev–Trinajstić information content (AvgIpc) is 2.56. The molecule has 2 aromatic rings. The van der Waals surface area contributed by atoms with Gasteiger partial charge in [-0.3, -0.25) is 4.79 Å². The lowest BCUT2D eigenvalue weighted by molar-refractivity contribution is -0.112. The number of phenols is 1. The summed E-state index contributed by atoms with van der Waals surface area (Å²) in [6.07, 6.45) is 2.24. The van der Waals surface area contributed by atoms with Crippen LogP contribution in [0, 0.1) is 18.3 Å². The monoisotopic (exact) mass is 321 g/mol. The van der Waals surface area contributed by atoms with Gasteiger partial charge in [0, 0.05) is 23.6 Å². The lowest BCUT2D eigenvalue weighted by Gasteiger charge is -2.11. The number of benzene rings is 2. The van der Waals surface area contributed by atoms with Gasteiger partial charge in [0.05, 0.1) is 0 Å². The second kappa shape index (κ2) is 7.84. The van der Waals surface area contributed by atoms with E-state index in [-0.39, 0.29) is 11.3 Å². The molecule has 0 atom stereocenters. The number of para-hydroxylation sites is 1. The van der Waals surface area contributed by atoms with Crippen LogP contribution >= 0.6 is 0 Å². The zero-order valence-electron chi connectivity index (χ0n) is 13.6. The van der Waals surface area contributed by atoms with E-state index in [1.54, 1.807) is 12.1 Å². The van der Waals surface area contributed by atoms with Gasteiger partial charge in [-0.05, 0) is 36.6 Å². The summed E-state index contributed by atoms with van der Waals surface area (Å²) < 4.78 is 0. The molecule has 0 aliphatic carbocycles. The molecule has 0 unspecified atom stereocenters. The number of amides is 1. The molecule has 5 nitrogen and oxygen atoms in total. The van der Waals surface area contributed by atoms with Crippen molar-refractivity contribution in [3.8, 4) is 11.8 Å². The zero-order valence-corrected chi connectivity index (χ0v) is 13.6. The number of aryl methyl sites for hydroxylation is 2. The van der Waals surface area contributed by atoms with Gasteiger partial charge in [0.2, 0.25) is 0 Å². The molecule has 24 heavy (non-hydrogen) atoms. The van der Waals surface area contributed by atoms with Crippen LogP contribution in [-0.2, 0) is 11.2 Å². The summed E-state index contributed by atoms with van der Waals surface area (Å²) in [6, 6.07) is 14.0. The molecule has 0 aliphatic rings. The molecule has 0 saturated carbocycles. The first-order valence-corrected chi connectivity index (χ1v) is 7.60. The van der Waals surface area contributed by atoms with E-state index in [2.05, 4.69) is 10.6 Å². The predicted octanol–water partition coefficient (Wildman–Crippen LogP) is 3.72. The van der Waals surface area contributed by atoms with Crippen LogP contribution in [-0.4, -0.2) is 11.0 Å². The number of phenolic OH excluding ortho intramolecular Hbond substituents is 1. The Bertz CT molecular complexity index is 820. The predicted molar refractivity (Wildman–Crippen MR) is 94.6 cm³/mol. The Hall–Kier alpha value is -3.26. The van der Waals surface area contributed by atoms with Crippen molar-refractivity contribution in [1.29, 1.82) is 5.26 Å². The summed E-state index contributed by atoms with van der Waals surface area (Å²) in [5, 5.41) is 24.3. The fourth-order valence-corrected chi connectivity index (χ4v) is 2.30. The molecule has 122 valence electrons. The van der Waals surface area contributed by atoms with Crippen LogP contribution < -0.4 is 10.6 Å². The van der Waals surface area contributed by atoms with E-state index >= 15 is 0 Å². The topological polar surface area (TPSA) is 85.2 Å². The van der Waals surface area contributed by atoms with E-state index < -0.39 is 5.91 Å². The minimum atomic E-state index is -0.540.